The van der Waals surface area contributed by atoms with Gasteiger partial charge in [-0.15, -0.1) is 0 Å². The van der Waals surface area contributed by atoms with Crippen molar-refractivity contribution >= 4 is 22.0 Å². The van der Waals surface area contributed by atoms with Crippen LogP contribution < -0.4 is 10.4 Å². The third-order valence-corrected chi connectivity index (χ3v) is 2.32. The second-order valence-electron chi connectivity index (χ2n) is 2.18. The number of hydrogen-bond donors (Lipinski definition) is 1. The molecule has 7 nitrogen and oxygen atoms in total. The van der Waals surface area contributed by atoms with Crippen LogP contribution in [0.3, 0.4) is 0 Å². The van der Waals surface area contributed by atoms with Crippen LogP contribution in [0.1, 0.15) is 6.42 Å². The molecule has 0 bridgehead atoms. The fourth-order valence-electron chi connectivity index (χ4n) is 0.574. The molecule has 0 radical (unpaired) electrons. The monoisotopic (exact) mass is 209 g/mol. The van der Waals surface area contributed by atoms with Crippen molar-refractivity contribution in [3.8, 4) is 0 Å². The van der Waals surface area contributed by atoms with Crippen LogP contribution in [0.2, 0.25) is 0 Å². The zero-order chi connectivity index (χ0) is 10.6. The van der Waals surface area contributed by atoms with E-state index in [4.69, 9.17) is 0 Å². The molecule has 0 heterocycles. The van der Waals surface area contributed by atoms with Gasteiger partial charge in [0.25, 0.3) is 0 Å². The van der Waals surface area contributed by atoms with Crippen LogP contribution in [0.5, 0.6) is 0 Å². The molecular weight excluding hydrogens is 202 g/mol. The van der Waals surface area contributed by atoms with Gasteiger partial charge in [0.2, 0.25) is 5.91 Å². The molecule has 1 unspecified atom stereocenters. The Balaban J connectivity index is 4.66. The van der Waals surface area contributed by atoms with Gasteiger partial charge in [-0.2, -0.15) is 0 Å². The Kier molecular flexibility index (Phi) is 3.82. The molecule has 0 aromatic rings. The first-order valence-corrected chi connectivity index (χ1v) is 4.62. The molecule has 0 aromatic carbocycles. The number of rotatable bonds is 4. The predicted octanol–water partition coefficient (Wildman–Crippen LogP) is -3.21. The van der Waals surface area contributed by atoms with Gasteiger partial charge >= 0.3 is 0 Å². The third kappa shape index (κ3) is 3.85. The molecule has 1 N–H and O–H groups in total. The molecular formula is C5H7NO6S-2. The van der Waals surface area contributed by atoms with E-state index in [0.29, 0.717) is 0 Å². The molecule has 0 aliphatic carbocycles. The maximum Gasteiger partial charge on any atom is 0.221 e. The Bertz CT molecular complexity index is 307. The van der Waals surface area contributed by atoms with E-state index in [0.717, 1.165) is 0 Å². The van der Waals surface area contributed by atoms with Gasteiger partial charge in [-0.25, -0.2) is 8.42 Å². The highest BCUT2D eigenvalue weighted by Crippen LogP contribution is 2.02. The van der Waals surface area contributed by atoms with E-state index >= 15 is 0 Å². The topological polar surface area (TPSA) is 126 Å². The molecule has 0 aliphatic heterocycles. The minimum atomic E-state index is -5.04. The Labute approximate surface area is 74.5 Å². The number of nitrogens with one attached hydrogen (secondary N) is 1. The largest absolute Gasteiger partial charge is 0.747 e. The van der Waals surface area contributed by atoms with Gasteiger partial charge in [0.05, 0.1) is 11.2 Å². The summed E-state index contributed by atoms with van der Waals surface area (Å²) in [7, 11) is -3.86. The number of carboxylic acids is 1. The molecule has 0 rings (SSSR count). The van der Waals surface area contributed by atoms with Crippen molar-refractivity contribution in [1.82, 2.24) is 5.32 Å². The number of carboxylic acid groups (broad SMARTS) is 1. The van der Waals surface area contributed by atoms with Crippen LogP contribution in [-0.2, 0) is 19.7 Å². The highest BCUT2D eigenvalue weighted by molar-refractivity contribution is 7.87. The summed E-state index contributed by atoms with van der Waals surface area (Å²) in [6.45, 7) is 0. The summed E-state index contributed by atoms with van der Waals surface area (Å²) < 4.78 is 30.8. The smallest absolute Gasteiger partial charge is 0.221 e. The van der Waals surface area contributed by atoms with E-state index in [1.165, 1.54) is 7.05 Å². The molecule has 8 heteroatoms. The quantitative estimate of drug-likeness (QED) is 0.485. The second kappa shape index (κ2) is 4.19. The van der Waals surface area contributed by atoms with Crippen molar-refractivity contribution in [3.05, 3.63) is 0 Å². The van der Waals surface area contributed by atoms with Gasteiger partial charge in [0.15, 0.2) is 0 Å². The molecule has 76 valence electrons. The minimum absolute atomic E-state index is 0.853. The van der Waals surface area contributed by atoms with E-state index in [2.05, 4.69) is 0 Å². The van der Waals surface area contributed by atoms with Crippen molar-refractivity contribution in [2.75, 3.05) is 7.05 Å². The average molecular weight is 209 g/mol. The molecule has 0 fully saturated rings. The number of amides is 1. The Morgan fingerprint density at radius 1 is 1.46 bits per heavy atom. The Morgan fingerprint density at radius 2 is 1.92 bits per heavy atom. The zero-order valence-electron chi connectivity index (χ0n) is 6.64. The van der Waals surface area contributed by atoms with E-state index in [1.807, 2.05) is 5.32 Å². The van der Waals surface area contributed by atoms with E-state index in [9.17, 15) is 27.7 Å². The lowest BCUT2D eigenvalue weighted by atomic mass is 10.3. The van der Waals surface area contributed by atoms with Crippen LogP contribution in [-0.4, -0.2) is 37.1 Å². The van der Waals surface area contributed by atoms with Crippen molar-refractivity contribution in [2.24, 2.45) is 0 Å². The average Bonchev–Trinajstić information content (AvgIpc) is 1.96. The first-order valence-electron chi connectivity index (χ1n) is 3.15. The Hall–Kier alpha value is -1.15. The van der Waals surface area contributed by atoms with Gasteiger partial charge in [0.1, 0.15) is 10.1 Å². The molecule has 0 spiro atoms. The summed E-state index contributed by atoms with van der Waals surface area (Å²) in [6, 6.07) is 0. The van der Waals surface area contributed by atoms with E-state index in [1.54, 1.807) is 0 Å². The van der Waals surface area contributed by atoms with Crippen molar-refractivity contribution < 1.29 is 27.7 Å². The van der Waals surface area contributed by atoms with Crippen LogP contribution in [0.4, 0.5) is 0 Å². The Morgan fingerprint density at radius 3 is 2.15 bits per heavy atom. The lowest BCUT2D eigenvalue weighted by Crippen LogP contribution is -2.43. The summed E-state index contributed by atoms with van der Waals surface area (Å²) in [4.78, 5) is 20.7. The molecule has 0 saturated heterocycles. The second-order valence-corrected chi connectivity index (χ2v) is 3.73. The molecule has 0 aliphatic rings. The van der Waals surface area contributed by atoms with Crippen molar-refractivity contribution in [3.63, 3.8) is 0 Å². The highest BCUT2D eigenvalue weighted by atomic mass is 32.2. The third-order valence-electron chi connectivity index (χ3n) is 1.26. The molecule has 0 saturated carbocycles. The molecule has 0 aromatic heterocycles. The fraction of sp³-hybridized carbons (Fsp3) is 0.600. The van der Waals surface area contributed by atoms with E-state index in [-0.39, 0.29) is 0 Å². The molecule has 1 amide bonds. The summed E-state index contributed by atoms with van der Waals surface area (Å²) in [5.41, 5.74) is 0. The lowest BCUT2D eigenvalue weighted by Gasteiger charge is -2.20. The van der Waals surface area contributed by atoms with Crippen molar-refractivity contribution in [1.29, 1.82) is 0 Å². The van der Waals surface area contributed by atoms with Gasteiger partial charge in [-0.1, -0.05) is 0 Å². The number of hydrogen-bond acceptors (Lipinski definition) is 6. The number of aliphatic carboxylic acids is 1. The zero-order valence-corrected chi connectivity index (χ0v) is 7.46. The van der Waals surface area contributed by atoms with Gasteiger partial charge < -0.3 is 19.8 Å². The SMILES string of the molecule is CNC(=O)CC(C(=O)[O-])S(=O)(=O)[O-]. The van der Waals surface area contributed by atoms with Gasteiger partial charge in [-0.05, 0) is 0 Å². The first kappa shape index (κ1) is 11.8. The summed E-state index contributed by atoms with van der Waals surface area (Å²) in [6.07, 6.45) is -0.926. The summed E-state index contributed by atoms with van der Waals surface area (Å²) >= 11 is 0. The standard InChI is InChI=1S/C5H9NO6S/c1-6-4(7)2-3(5(8)9)13(10,11)12/h3H,2H2,1H3,(H,6,7)(H,8,9)(H,10,11,12)/p-2. The number of carbonyl (C=O) groups excluding carboxylic acids is 2. The van der Waals surface area contributed by atoms with E-state index < -0.39 is 33.7 Å². The highest BCUT2D eigenvalue weighted by Gasteiger charge is 2.20. The van der Waals surface area contributed by atoms with Crippen LogP contribution in [0, 0.1) is 0 Å². The van der Waals surface area contributed by atoms with Crippen molar-refractivity contribution in [2.45, 2.75) is 11.7 Å². The summed E-state index contributed by atoms with van der Waals surface area (Å²) in [5.74, 6) is -2.92. The normalized spacial score (nSPS) is 13.4. The summed E-state index contributed by atoms with van der Waals surface area (Å²) in [5, 5.41) is 9.79. The van der Waals surface area contributed by atoms with Crippen LogP contribution in [0.15, 0.2) is 0 Å². The lowest BCUT2D eigenvalue weighted by molar-refractivity contribution is -0.305. The first-order chi connectivity index (χ1) is 5.79. The minimum Gasteiger partial charge on any atom is -0.747 e. The number of carbonyl (C=O) groups is 2. The van der Waals surface area contributed by atoms with Gasteiger partial charge in [0, 0.05) is 13.5 Å². The predicted molar refractivity (Wildman–Crippen MR) is 37.2 cm³/mol. The maximum atomic E-state index is 10.6. The fourth-order valence-corrected chi connectivity index (χ4v) is 1.16. The van der Waals surface area contributed by atoms with Crippen LogP contribution >= 0.6 is 0 Å². The van der Waals surface area contributed by atoms with Gasteiger partial charge in [-0.3, -0.25) is 4.79 Å². The molecule has 13 heavy (non-hydrogen) atoms. The molecule has 1 atom stereocenters. The van der Waals surface area contributed by atoms with Crippen LogP contribution in [0.25, 0.3) is 0 Å². The maximum absolute atomic E-state index is 10.6.